The number of carboxylic acid groups (broad SMARTS) is 1. The summed E-state index contributed by atoms with van der Waals surface area (Å²) in [6, 6.07) is 6.51. The first kappa shape index (κ1) is 15.6. The van der Waals surface area contributed by atoms with E-state index in [1.54, 1.807) is 12.1 Å². The maximum Gasteiger partial charge on any atom is 0.315 e. The van der Waals surface area contributed by atoms with Gasteiger partial charge in [-0.05, 0) is 24.1 Å². The molecule has 0 radical (unpaired) electrons. The number of ether oxygens (including phenoxy) is 1. The van der Waals surface area contributed by atoms with Gasteiger partial charge in [0.05, 0.1) is 19.3 Å². The van der Waals surface area contributed by atoms with Gasteiger partial charge in [-0.25, -0.2) is 4.79 Å². The number of aliphatic carboxylic acids is 1. The van der Waals surface area contributed by atoms with Crippen LogP contribution in [0.3, 0.4) is 0 Å². The Balaban J connectivity index is 1.72. The molecule has 6 nitrogen and oxygen atoms in total. The van der Waals surface area contributed by atoms with Crippen LogP contribution >= 0.6 is 11.6 Å². The number of amides is 2. The summed E-state index contributed by atoms with van der Waals surface area (Å²) in [6.45, 7) is 0.811. The van der Waals surface area contributed by atoms with Crippen molar-refractivity contribution in [3.63, 3.8) is 0 Å². The van der Waals surface area contributed by atoms with Gasteiger partial charge in [0.25, 0.3) is 0 Å². The van der Waals surface area contributed by atoms with Crippen molar-refractivity contribution < 1.29 is 19.4 Å². The summed E-state index contributed by atoms with van der Waals surface area (Å²) in [5, 5.41) is 15.0. The molecule has 2 amide bonds. The third-order valence-electron chi connectivity index (χ3n) is 3.33. The fourth-order valence-corrected chi connectivity index (χ4v) is 2.26. The first-order valence-corrected chi connectivity index (χ1v) is 7.03. The second-order valence-electron chi connectivity index (χ2n) is 4.87. The maximum atomic E-state index is 11.7. The quantitative estimate of drug-likeness (QED) is 0.764. The van der Waals surface area contributed by atoms with Crippen molar-refractivity contribution in [1.82, 2.24) is 10.6 Å². The third kappa shape index (κ3) is 4.61. The SMILES string of the molecule is O=C(NCCc1ccc(Cl)cc1)NC1COCC1C(=O)O. The van der Waals surface area contributed by atoms with Crippen LogP contribution in [0.25, 0.3) is 0 Å². The number of hydrogen-bond acceptors (Lipinski definition) is 3. The summed E-state index contributed by atoms with van der Waals surface area (Å²) in [5.74, 6) is -1.65. The average molecular weight is 313 g/mol. The van der Waals surface area contributed by atoms with Crippen molar-refractivity contribution in [3.8, 4) is 0 Å². The lowest BCUT2D eigenvalue weighted by atomic mass is 10.0. The number of carbonyl (C=O) groups excluding carboxylic acids is 1. The lowest BCUT2D eigenvalue weighted by molar-refractivity contribution is -0.142. The Bertz CT molecular complexity index is 506. The minimum Gasteiger partial charge on any atom is -0.481 e. The minimum atomic E-state index is -0.959. The molecule has 1 fully saturated rings. The van der Waals surface area contributed by atoms with Gasteiger partial charge in [-0.1, -0.05) is 23.7 Å². The zero-order valence-electron chi connectivity index (χ0n) is 11.3. The molecule has 0 bridgehead atoms. The first-order valence-electron chi connectivity index (χ1n) is 6.65. The molecule has 2 rings (SSSR count). The predicted octanol–water partition coefficient (Wildman–Crippen LogP) is 1.28. The molecule has 0 aliphatic carbocycles. The van der Waals surface area contributed by atoms with Gasteiger partial charge in [-0.3, -0.25) is 4.79 Å². The summed E-state index contributed by atoms with van der Waals surface area (Å²) in [7, 11) is 0. The van der Waals surface area contributed by atoms with E-state index >= 15 is 0 Å². The van der Waals surface area contributed by atoms with Gasteiger partial charge in [0.15, 0.2) is 0 Å². The monoisotopic (exact) mass is 312 g/mol. The zero-order valence-corrected chi connectivity index (χ0v) is 12.1. The smallest absolute Gasteiger partial charge is 0.315 e. The van der Waals surface area contributed by atoms with E-state index in [0.29, 0.717) is 18.0 Å². The number of halogens is 1. The predicted molar refractivity (Wildman–Crippen MR) is 77.4 cm³/mol. The summed E-state index contributed by atoms with van der Waals surface area (Å²) in [4.78, 5) is 22.7. The highest BCUT2D eigenvalue weighted by Gasteiger charge is 2.34. The Morgan fingerprint density at radius 3 is 2.67 bits per heavy atom. The van der Waals surface area contributed by atoms with E-state index in [0.717, 1.165) is 5.56 Å². The minimum absolute atomic E-state index is 0.130. The highest BCUT2D eigenvalue weighted by molar-refractivity contribution is 6.30. The van der Waals surface area contributed by atoms with Crippen molar-refractivity contribution in [2.75, 3.05) is 19.8 Å². The molecule has 1 aliphatic rings. The maximum absolute atomic E-state index is 11.7. The van der Waals surface area contributed by atoms with Crippen LogP contribution in [0.2, 0.25) is 5.02 Å². The highest BCUT2D eigenvalue weighted by atomic mass is 35.5. The standard InChI is InChI=1S/C14H17ClN2O4/c15-10-3-1-9(2-4-10)5-6-16-14(20)17-12-8-21-7-11(12)13(18)19/h1-4,11-12H,5-8H2,(H,18,19)(H2,16,17,20). The normalized spacial score (nSPS) is 21.0. The summed E-state index contributed by atoms with van der Waals surface area (Å²) >= 11 is 5.79. The fraction of sp³-hybridized carbons (Fsp3) is 0.429. The van der Waals surface area contributed by atoms with Gasteiger partial charge in [0.2, 0.25) is 0 Å². The molecule has 1 saturated heterocycles. The number of carboxylic acids is 1. The van der Waals surface area contributed by atoms with Crippen molar-refractivity contribution in [2.45, 2.75) is 12.5 Å². The van der Waals surface area contributed by atoms with E-state index < -0.39 is 17.9 Å². The van der Waals surface area contributed by atoms with E-state index in [2.05, 4.69) is 10.6 Å². The van der Waals surface area contributed by atoms with Gasteiger partial charge >= 0.3 is 12.0 Å². The van der Waals surface area contributed by atoms with Crippen LogP contribution < -0.4 is 10.6 Å². The summed E-state index contributed by atoms with van der Waals surface area (Å²) < 4.78 is 5.08. The summed E-state index contributed by atoms with van der Waals surface area (Å²) in [5.41, 5.74) is 1.06. The Morgan fingerprint density at radius 2 is 2.00 bits per heavy atom. The van der Waals surface area contributed by atoms with Crippen LogP contribution in [0.5, 0.6) is 0 Å². The second-order valence-corrected chi connectivity index (χ2v) is 5.30. The number of hydrogen-bond donors (Lipinski definition) is 3. The van der Waals surface area contributed by atoms with E-state index in [1.807, 2.05) is 12.1 Å². The molecular formula is C14H17ClN2O4. The lowest BCUT2D eigenvalue weighted by Crippen LogP contribution is -2.47. The molecule has 2 unspecified atom stereocenters. The Labute approximate surface area is 127 Å². The van der Waals surface area contributed by atoms with Crippen molar-refractivity contribution in [3.05, 3.63) is 34.9 Å². The molecule has 7 heteroatoms. The number of urea groups is 1. The molecule has 3 N–H and O–H groups in total. The van der Waals surface area contributed by atoms with Gasteiger partial charge in [0.1, 0.15) is 5.92 Å². The molecule has 2 atom stereocenters. The highest BCUT2D eigenvalue weighted by Crippen LogP contribution is 2.13. The van der Waals surface area contributed by atoms with Gasteiger partial charge < -0.3 is 20.5 Å². The molecule has 1 aromatic carbocycles. The van der Waals surface area contributed by atoms with E-state index in [1.165, 1.54) is 0 Å². The second kappa shape index (κ2) is 7.28. The van der Waals surface area contributed by atoms with Crippen LogP contribution in [-0.4, -0.2) is 42.9 Å². The Kier molecular flexibility index (Phi) is 5.41. The van der Waals surface area contributed by atoms with Gasteiger partial charge in [-0.15, -0.1) is 0 Å². The Morgan fingerprint density at radius 1 is 1.29 bits per heavy atom. The van der Waals surface area contributed by atoms with Gasteiger partial charge in [-0.2, -0.15) is 0 Å². The molecule has 1 aromatic rings. The van der Waals surface area contributed by atoms with Gasteiger partial charge in [0, 0.05) is 11.6 Å². The zero-order chi connectivity index (χ0) is 15.2. The molecular weight excluding hydrogens is 296 g/mol. The third-order valence-corrected chi connectivity index (χ3v) is 3.58. The van der Waals surface area contributed by atoms with Crippen LogP contribution in [-0.2, 0) is 16.0 Å². The number of carbonyl (C=O) groups is 2. The molecule has 21 heavy (non-hydrogen) atoms. The van der Waals surface area contributed by atoms with Crippen molar-refractivity contribution in [2.24, 2.45) is 5.92 Å². The van der Waals surface area contributed by atoms with E-state index in [9.17, 15) is 9.59 Å². The number of benzene rings is 1. The molecule has 0 aromatic heterocycles. The Hall–Kier alpha value is -1.79. The van der Waals surface area contributed by atoms with E-state index in [4.69, 9.17) is 21.4 Å². The topological polar surface area (TPSA) is 87.7 Å². The van der Waals surface area contributed by atoms with E-state index in [-0.39, 0.29) is 19.2 Å². The molecule has 114 valence electrons. The van der Waals surface area contributed by atoms with Crippen LogP contribution in [0.1, 0.15) is 5.56 Å². The van der Waals surface area contributed by atoms with Crippen molar-refractivity contribution >= 4 is 23.6 Å². The number of nitrogens with one attached hydrogen (secondary N) is 2. The average Bonchev–Trinajstić information content (AvgIpc) is 2.89. The van der Waals surface area contributed by atoms with Crippen LogP contribution in [0.15, 0.2) is 24.3 Å². The summed E-state index contributed by atoms with van der Waals surface area (Å²) in [6.07, 6.45) is 0.675. The lowest BCUT2D eigenvalue weighted by Gasteiger charge is -2.16. The molecule has 0 saturated carbocycles. The fourth-order valence-electron chi connectivity index (χ4n) is 2.13. The largest absolute Gasteiger partial charge is 0.481 e. The first-order chi connectivity index (χ1) is 10.1. The van der Waals surface area contributed by atoms with Crippen LogP contribution in [0, 0.1) is 5.92 Å². The van der Waals surface area contributed by atoms with Crippen molar-refractivity contribution in [1.29, 1.82) is 0 Å². The number of rotatable bonds is 5. The molecule has 1 aliphatic heterocycles. The molecule has 0 spiro atoms. The molecule has 1 heterocycles. The van der Waals surface area contributed by atoms with Crippen LogP contribution in [0.4, 0.5) is 4.79 Å².